The highest BCUT2D eigenvalue weighted by atomic mass is 16.1. The molecule has 0 radical (unpaired) electrons. The minimum absolute atomic E-state index is 0.00829. The lowest BCUT2D eigenvalue weighted by molar-refractivity contribution is 0.0982. The van der Waals surface area contributed by atoms with E-state index in [0.717, 1.165) is 30.5 Å². The number of fused-ring (bicyclic) bond motifs is 1. The second-order valence-corrected chi connectivity index (χ2v) is 7.20. The predicted molar refractivity (Wildman–Crippen MR) is 87.7 cm³/mol. The lowest BCUT2D eigenvalue weighted by Crippen LogP contribution is -2.43. The minimum Gasteiger partial charge on any atom is -0.339 e. The number of para-hydroxylation sites is 1. The molecule has 1 aliphatic heterocycles. The standard InChI is InChI=1S/C19H25NO/c1-19(2,3)20-16-10-6-4-8-14(16)12-13-18(21)15-9-5-7-11-17(15)20/h5,7,9,11H,4,6,8,10,12-13H2,1-3H3. The zero-order valence-electron chi connectivity index (χ0n) is 13.4. The van der Waals surface area contributed by atoms with E-state index in [2.05, 4.69) is 37.8 Å². The van der Waals surface area contributed by atoms with E-state index < -0.39 is 0 Å². The molecule has 2 aliphatic rings. The zero-order valence-corrected chi connectivity index (χ0v) is 13.4. The van der Waals surface area contributed by atoms with E-state index in [4.69, 9.17) is 0 Å². The third-order valence-electron chi connectivity index (χ3n) is 4.59. The van der Waals surface area contributed by atoms with Crippen LogP contribution in [0.5, 0.6) is 0 Å². The molecule has 0 saturated heterocycles. The van der Waals surface area contributed by atoms with Gasteiger partial charge in [0.1, 0.15) is 0 Å². The van der Waals surface area contributed by atoms with Gasteiger partial charge in [-0.05, 0) is 65.0 Å². The Morgan fingerprint density at radius 1 is 0.952 bits per heavy atom. The van der Waals surface area contributed by atoms with Crippen molar-refractivity contribution in [1.82, 2.24) is 0 Å². The van der Waals surface area contributed by atoms with Crippen LogP contribution < -0.4 is 4.90 Å². The fraction of sp³-hybridized carbons (Fsp3) is 0.526. The van der Waals surface area contributed by atoms with Gasteiger partial charge in [0.05, 0.1) is 5.69 Å². The van der Waals surface area contributed by atoms with Gasteiger partial charge in [-0.25, -0.2) is 0 Å². The number of Topliss-reactive ketones (excluding diaryl/α,β-unsaturated/α-hetero) is 1. The van der Waals surface area contributed by atoms with Crippen molar-refractivity contribution in [3.63, 3.8) is 0 Å². The van der Waals surface area contributed by atoms with Gasteiger partial charge in [0.2, 0.25) is 0 Å². The molecule has 0 amide bonds. The zero-order chi connectivity index (χ0) is 15.0. The number of anilines is 1. The summed E-state index contributed by atoms with van der Waals surface area (Å²) in [5.41, 5.74) is 4.98. The van der Waals surface area contributed by atoms with Crippen molar-refractivity contribution in [3.05, 3.63) is 41.1 Å². The number of carbonyl (C=O) groups is 1. The van der Waals surface area contributed by atoms with Gasteiger partial charge in [-0.2, -0.15) is 0 Å². The van der Waals surface area contributed by atoms with Crippen LogP contribution in [0.2, 0.25) is 0 Å². The minimum atomic E-state index is -0.00829. The molecular weight excluding hydrogens is 258 g/mol. The van der Waals surface area contributed by atoms with Crippen LogP contribution >= 0.6 is 0 Å². The number of carbonyl (C=O) groups excluding carboxylic acids is 1. The lowest BCUT2D eigenvalue weighted by Gasteiger charge is -2.43. The van der Waals surface area contributed by atoms with Gasteiger partial charge in [-0.15, -0.1) is 0 Å². The van der Waals surface area contributed by atoms with Crippen LogP contribution in [0, 0.1) is 0 Å². The highest BCUT2D eigenvalue weighted by Crippen LogP contribution is 2.41. The third kappa shape index (κ3) is 2.64. The van der Waals surface area contributed by atoms with Crippen LogP contribution in [0.1, 0.15) is 69.7 Å². The number of hydrogen-bond donors (Lipinski definition) is 0. The molecule has 0 aromatic heterocycles. The summed E-state index contributed by atoms with van der Waals surface area (Å²) >= 11 is 0. The van der Waals surface area contributed by atoms with Gasteiger partial charge < -0.3 is 4.90 Å². The number of hydrogen-bond acceptors (Lipinski definition) is 2. The van der Waals surface area contributed by atoms with E-state index in [0.29, 0.717) is 6.42 Å². The number of rotatable bonds is 0. The van der Waals surface area contributed by atoms with Crippen LogP contribution in [0.15, 0.2) is 35.5 Å². The highest BCUT2D eigenvalue weighted by molar-refractivity contribution is 6.02. The number of benzene rings is 1. The largest absolute Gasteiger partial charge is 0.339 e. The monoisotopic (exact) mass is 283 g/mol. The maximum atomic E-state index is 12.6. The first-order valence-electron chi connectivity index (χ1n) is 8.12. The Morgan fingerprint density at radius 3 is 2.43 bits per heavy atom. The maximum absolute atomic E-state index is 12.6. The van der Waals surface area contributed by atoms with E-state index >= 15 is 0 Å². The molecule has 1 aromatic rings. The van der Waals surface area contributed by atoms with E-state index in [1.165, 1.54) is 24.1 Å². The molecule has 0 N–H and O–H groups in total. The second kappa shape index (κ2) is 5.32. The van der Waals surface area contributed by atoms with E-state index in [9.17, 15) is 4.79 Å². The van der Waals surface area contributed by atoms with Crippen LogP contribution in [-0.2, 0) is 0 Å². The van der Waals surface area contributed by atoms with Crippen LogP contribution in [-0.4, -0.2) is 11.3 Å². The Kier molecular flexibility index (Phi) is 3.64. The number of nitrogens with zero attached hydrogens (tertiary/aromatic N) is 1. The van der Waals surface area contributed by atoms with E-state index in [1.54, 1.807) is 0 Å². The quantitative estimate of drug-likeness (QED) is 0.660. The molecule has 0 saturated carbocycles. The highest BCUT2D eigenvalue weighted by Gasteiger charge is 2.32. The first-order chi connectivity index (χ1) is 9.98. The molecule has 0 atom stereocenters. The van der Waals surface area contributed by atoms with Crippen LogP contribution in [0.4, 0.5) is 5.69 Å². The Hall–Kier alpha value is -1.57. The fourth-order valence-corrected chi connectivity index (χ4v) is 3.71. The van der Waals surface area contributed by atoms with Crippen molar-refractivity contribution >= 4 is 11.5 Å². The molecule has 1 aliphatic carbocycles. The summed E-state index contributed by atoms with van der Waals surface area (Å²) in [6.07, 6.45) is 6.45. The molecular formula is C19H25NO. The van der Waals surface area contributed by atoms with Gasteiger partial charge in [-0.1, -0.05) is 17.7 Å². The van der Waals surface area contributed by atoms with Crippen molar-refractivity contribution < 1.29 is 4.79 Å². The number of ketones is 1. The SMILES string of the molecule is CC(C)(C)N1C2=C(CCCC2)CCC(=O)c2ccccc21. The summed E-state index contributed by atoms with van der Waals surface area (Å²) < 4.78 is 0. The average molecular weight is 283 g/mol. The molecule has 0 spiro atoms. The van der Waals surface area contributed by atoms with E-state index in [1.807, 2.05) is 12.1 Å². The average Bonchev–Trinajstić information content (AvgIpc) is 2.43. The number of allylic oxidation sites excluding steroid dienone is 2. The van der Waals surface area contributed by atoms with Crippen molar-refractivity contribution in [2.45, 2.75) is 64.8 Å². The summed E-state index contributed by atoms with van der Waals surface area (Å²) in [6.45, 7) is 6.74. The van der Waals surface area contributed by atoms with E-state index in [-0.39, 0.29) is 11.3 Å². The smallest absolute Gasteiger partial charge is 0.165 e. The summed E-state index contributed by atoms with van der Waals surface area (Å²) in [5, 5.41) is 0. The van der Waals surface area contributed by atoms with Gasteiger partial charge in [0.15, 0.2) is 5.78 Å². The van der Waals surface area contributed by atoms with Crippen molar-refractivity contribution in [1.29, 1.82) is 0 Å². The van der Waals surface area contributed by atoms with Crippen molar-refractivity contribution in [2.75, 3.05) is 4.90 Å². The Balaban J connectivity index is 2.22. The first-order valence-corrected chi connectivity index (χ1v) is 8.12. The summed E-state index contributed by atoms with van der Waals surface area (Å²) in [6, 6.07) is 8.14. The Morgan fingerprint density at radius 2 is 1.67 bits per heavy atom. The molecule has 1 aromatic carbocycles. The van der Waals surface area contributed by atoms with Crippen LogP contribution in [0.3, 0.4) is 0 Å². The molecule has 3 rings (SSSR count). The molecule has 0 unspecified atom stereocenters. The van der Waals surface area contributed by atoms with Crippen molar-refractivity contribution in [3.8, 4) is 0 Å². The van der Waals surface area contributed by atoms with Gasteiger partial charge in [-0.3, -0.25) is 4.79 Å². The lowest BCUT2D eigenvalue weighted by atomic mass is 9.86. The second-order valence-electron chi connectivity index (χ2n) is 7.20. The Labute approximate surface area is 127 Å². The molecule has 2 heteroatoms. The third-order valence-corrected chi connectivity index (χ3v) is 4.59. The van der Waals surface area contributed by atoms with Crippen molar-refractivity contribution in [2.24, 2.45) is 0 Å². The molecule has 112 valence electrons. The first kappa shape index (κ1) is 14.4. The normalized spacial score (nSPS) is 19.8. The molecule has 2 nitrogen and oxygen atoms in total. The summed E-state index contributed by atoms with van der Waals surface area (Å²) in [4.78, 5) is 15.0. The summed E-state index contributed by atoms with van der Waals surface area (Å²) in [5.74, 6) is 0.289. The molecule has 1 heterocycles. The van der Waals surface area contributed by atoms with Crippen LogP contribution in [0.25, 0.3) is 0 Å². The molecule has 0 bridgehead atoms. The van der Waals surface area contributed by atoms with Gasteiger partial charge in [0, 0.05) is 23.2 Å². The molecule has 21 heavy (non-hydrogen) atoms. The predicted octanol–water partition coefficient (Wildman–Crippen LogP) is 5.10. The summed E-state index contributed by atoms with van der Waals surface area (Å²) in [7, 11) is 0. The Bertz CT molecular complexity index is 592. The molecule has 0 fully saturated rings. The maximum Gasteiger partial charge on any atom is 0.165 e. The van der Waals surface area contributed by atoms with Gasteiger partial charge in [0.25, 0.3) is 0 Å². The fourth-order valence-electron chi connectivity index (χ4n) is 3.71. The topological polar surface area (TPSA) is 20.3 Å². The van der Waals surface area contributed by atoms with Gasteiger partial charge >= 0.3 is 0 Å².